The van der Waals surface area contributed by atoms with Crippen molar-refractivity contribution in [2.24, 2.45) is 0 Å². The molecule has 0 aliphatic heterocycles. The fourth-order valence-corrected chi connectivity index (χ4v) is 3.90. The summed E-state index contributed by atoms with van der Waals surface area (Å²) in [5.41, 5.74) is 3.40. The van der Waals surface area contributed by atoms with Crippen LogP contribution in [0.25, 0.3) is 17.1 Å². The van der Waals surface area contributed by atoms with Gasteiger partial charge in [0.05, 0.1) is 13.7 Å². The minimum absolute atomic E-state index is 0.102. The van der Waals surface area contributed by atoms with Crippen molar-refractivity contribution in [2.75, 3.05) is 32.6 Å². The Bertz CT molecular complexity index is 1110. The van der Waals surface area contributed by atoms with Gasteiger partial charge in [0.15, 0.2) is 11.0 Å². The number of aliphatic hydroxyl groups is 1. The summed E-state index contributed by atoms with van der Waals surface area (Å²) >= 11 is 1.64. The van der Waals surface area contributed by atoms with Crippen LogP contribution in [0.4, 0.5) is 0 Å². The quantitative estimate of drug-likeness (QED) is 0.190. The number of benzene rings is 2. The summed E-state index contributed by atoms with van der Waals surface area (Å²) in [4.78, 5) is 18.2. The number of methoxy groups -OCH3 is 1. The molecule has 0 amide bonds. The average molecular weight is 517 g/mol. The van der Waals surface area contributed by atoms with Gasteiger partial charge < -0.3 is 25.4 Å². The van der Waals surface area contributed by atoms with Gasteiger partial charge in [-0.15, -0.1) is 10.2 Å². The van der Waals surface area contributed by atoms with E-state index in [0.29, 0.717) is 6.54 Å². The van der Waals surface area contributed by atoms with Crippen molar-refractivity contribution >= 4 is 23.7 Å². The van der Waals surface area contributed by atoms with Crippen LogP contribution in [0.1, 0.15) is 26.3 Å². The molecule has 0 aliphatic rings. The van der Waals surface area contributed by atoms with Crippen molar-refractivity contribution in [3.63, 3.8) is 0 Å². The van der Waals surface area contributed by atoms with Gasteiger partial charge in [-0.3, -0.25) is 4.57 Å². The first-order valence-electron chi connectivity index (χ1n) is 11.2. The van der Waals surface area contributed by atoms with Crippen LogP contribution in [0.3, 0.4) is 0 Å². The molecule has 3 rings (SSSR count). The van der Waals surface area contributed by atoms with Gasteiger partial charge in [0.2, 0.25) is 0 Å². The van der Waals surface area contributed by atoms with Crippen molar-refractivity contribution < 1.29 is 29.6 Å². The Balaban J connectivity index is 0.000000678. The highest BCUT2D eigenvalue weighted by Gasteiger charge is 2.18. The van der Waals surface area contributed by atoms with E-state index in [1.54, 1.807) is 18.9 Å². The van der Waals surface area contributed by atoms with Gasteiger partial charge in [-0.1, -0.05) is 56.8 Å². The molecular formula is C25H32N4O6S. The zero-order valence-electron chi connectivity index (χ0n) is 20.8. The minimum atomic E-state index is -1.82. The second kappa shape index (κ2) is 13.6. The van der Waals surface area contributed by atoms with Crippen LogP contribution in [0.5, 0.6) is 5.75 Å². The SMILES string of the molecule is COc1ccc(-n2c(SCCNCCO)nnc2-c2ccc(C(C)(C)C)cc2)cc1.O=C(O)C(=O)O. The third kappa shape index (κ3) is 8.36. The molecule has 0 fully saturated rings. The monoisotopic (exact) mass is 516 g/mol. The standard InChI is InChI=1S/C23H30N4O2S.C2H2O4/c1-23(2,3)18-7-5-17(6-8-18)21-25-26-22(30-16-14-24-13-15-28)27(21)19-9-11-20(29-4)12-10-19;3-1(4)2(5)6/h5-12,24,28H,13-16H2,1-4H3;(H,3,4)(H,5,6). The van der Waals surface area contributed by atoms with E-state index in [1.165, 1.54) is 5.56 Å². The van der Waals surface area contributed by atoms with Gasteiger partial charge in [-0.05, 0) is 35.2 Å². The molecule has 3 aromatic rings. The molecule has 0 saturated heterocycles. The zero-order valence-corrected chi connectivity index (χ0v) is 21.6. The van der Waals surface area contributed by atoms with Crippen molar-refractivity contribution in [3.8, 4) is 22.8 Å². The van der Waals surface area contributed by atoms with E-state index in [0.717, 1.165) is 40.3 Å². The Morgan fingerprint density at radius 2 is 1.58 bits per heavy atom. The largest absolute Gasteiger partial charge is 0.497 e. The van der Waals surface area contributed by atoms with Crippen molar-refractivity contribution in [3.05, 3.63) is 54.1 Å². The molecule has 194 valence electrons. The number of carboxylic acid groups (broad SMARTS) is 2. The van der Waals surface area contributed by atoms with Crippen LogP contribution in [0.2, 0.25) is 0 Å². The summed E-state index contributed by atoms with van der Waals surface area (Å²) in [7, 11) is 1.66. The molecule has 2 aromatic carbocycles. The number of aliphatic carboxylic acids is 2. The fraction of sp³-hybridized carbons (Fsp3) is 0.360. The number of nitrogens with zero attached hydrogens (tertiary/aromatic N) is 3. The van der Waals surface area contributed by atoms with E-state index in [4.69, 9.17) is 29.6 Å². The van der Waals surface area contributed by atoms with Gasteiger partial charge >= 0.3 is 11.9 Å². The lowest BCUT2D eigenvalue weighted by Gasteiger charge is -2.19. The summed E-state index contributed by atoms with van der Waals surface area (Å²) in [5.74, 6) is -1.20. The van der Waals surface area contributed by atoms with Crippen LogP contribution in [-0.4, -0.2) is 74.6 Å². The van der Waals surface area contributed by atoms with Gasteiger partial charge in [0.1, 0.15) is 5.75 Å². The molecule has 11 heteroatoms. The molecule has 36 heavy (non-hydrogen) atoms. The molecule has 1 heterocycles. The first kappa shape index (κ1) is 28.8. The lowest BCUT2D eigenvalue weighted by Crippen LogP contribution is -2.20. The normalized spacial score (nSPS) is 10.9. The molecule has 0 unspecified atom stereocenters. The van der Waals surface area contributed by atoms with Crippen molar-refractivity contribution in [1.82, 2.24) is 20.1 Å². The topological polar surface area (TPSA) is 147 Å². The number of hydrogen-bond acceptors (Lipinski definition) is 8. The van der Waals surface area contributed by atoms with E-state index < -0.39 is 11.9 Å². The molecular weight excluding hydrogens is 484 g/mol. The first-order valence-corrected chi connectivity index (χ1v) is 12.2. The lowest BCUT2D eigenvalue weighted by atomic mass is 9.87. The van der Waals surface area contributed by atoms with E-state index >= 15 is 0 Å². The molecule has 1 aromatic heterocycles. The van der Waals surface area contributed by atoms with Crippen molar-refractivity contribution in [1.29, 1.82) is 0 Å². The second-order valence-corrected chi connectivity index (χ2v) is 9.66. The molecule has 0 radical (unpaired) electrons. The number of rotatable bonds is 9. The predicted molar refractivity (Wildman–Crippen MR) is 138 cm³/mol. The minimum Gasteiger partial charge on any atom is -0.497 e. The van der Waals surface area contributed by atoms with Gasteiger partial charge in [-0.2, -0.15) is 0 Å². The second-order valence-electron chi connectivity index (χ2n) is 8.60. The molecule has 4 N–H and O–H groups in total. The van der Waals surface area contributed by atoms with Gasteiger partial charge in [-0.25, -0.2) is 9.59 Å². The number of nitrogens with one attached hydrogen (secondary N) is 1. The lowest BCUT2D eigenvalue weighted by molar-refractivity contribution is -0.159. The molecule has 0 atom stereocenters. The third-order valence-corrected chi connectivity index (χ3v) is 5.89. The first-order chi connectivity index (χ1) is 17.1. The van der Waals surface area contributed by atoms with Crippen LogP contribution in [0, 0.1) is 0 Å². The maximum atomic E-state index is 9.10. The Morgan fingerprint density at radius 3 is 2.08 bits per heavy atom. The molecule has 0 bridgehead atoms. The highest BCUT2D eigenvalue weighted by molar-refractivity contribution is 7.99. The summed E-state index contributed by atoms with van der Waals surface area (Å²) in [6, 6.07) is 16.5. The van der Waals surface area contributed by atoms with E-state index in [9.17, 15) is 0 Å². The zero-order chi connectivity index (χ0) is 26.7. The van der Waals surface area contributed by atoms with Gasteiger partial charge in [0.25, 0.3) is 0 Å². The summed E-state index contributed by atoms with van der Waals surface area (Å²) in [6.45, 7) is 8.15. The summed E-state index contributed by atoms with van der Waals surface area (Å²) < 4.78 is 7.39. The van der Waals surface area contributed by atoms with Gasteiger partial charge in [0, 0.05) is 30.1 Å². The number of thioether (sulfide) groups is 1. The number of aromatic nitrogens is 3. The third-order valence-electron chi connectivity index (χ3n) is 4.95. The van der Waals surface area contributed by atoms with Crippen LogP contribution in [0.15, 0.2) is 53.7 Å². The summed E-state index contributed by atoms with van der Waals surface area (Å²) in [6.07, 6.45) is 0. The van der Waals surface area contributed by atoms with Crippen LogP contribution < -0.4 is 10.1 Å². The molecule has 0 spiro atoms. The van der Waals surface area contributed by atoms with Crippen LogP contribution in [-0.2, 0) is 15.0 Å². The van der Waals surface area contributed by atoms with E-state index in [1.807, 2.05) is 24.3 Å². The van der Waals surface area contributed by atoms with Crippen molar-refractivity contribution in [2.45, 2.75) is 31.3 Å². The molecule has 0 aliphatic carbocycles. The number of ether oxygens (including phenoxy) is 1. The fourth-order valence-electron chi connectivity index (χ4n) is 3.05. The number of carboxylic acids is 2. The number of carbonyl (C=O) groups is 2. The Hall–Kier alpha value is -3.41. The number of hydrogen-bond donors (Lipinski definition) is 4. The van der Waals surface area contributed by atoms with E-state index in [-0.39, 0.29) is 12.0 Å². The Kier molecular flexibility index (Phi) is 10.9. The molecule has 0 saturated carbocycles. The highest BCUT2D eigenvalue weighted by atomic mass is 32.2. The maximum absolute atomic E-state index is 9.10. The molecule has 10 nitrogen and oxygen atoms in total. The maximum Gasteiger partial charge on any atom is 0.414 e. The summed E-state index contributed by atoms with van der Waals surface area (Å²) in [5, 5.41) is 36.7. The van der Waals surface area contributed by atoms with E-state index in [2.05, 4.69) is 65.1 Å². The average Bonchev–Trinajstić information content (AvgIpc) is 3.27. The van der Waals surface area contributed by atoms with Crippen LogP contribution >= 0.6 is 11.8 Å². The number of aliphatic hydroxyl groups excluding tert-OH is 1. The smallest absolute Gasteiger partial charge is 0.414 e. The highest BCUT2D eigenvalue weighted by Crippen LogP contribution is 2.30. The Labute approximate surface area is 214 Å². The predicted octanol–water partition coefficient (Wildman–Crippen LogP) is 3.07. The Morgan fingerprint density at radius 1 is 0.972 bits per heavy atom.